The fourth-order valence-corrected chi connectivity index (χ4v) is 4.20. The number of carbonyl (C=O) groups excluding carboxylic acids is 1. The van der Waals surface area contributed by atoms with Crippen molar-refractivity contribution in [2.45, 2.75) is 46.5 Å². The number of hydrogen-bond acceptors (Lipinski definition) is 2. The summed E-state index contributed by atoms with van der Waals surface area (Å²) < 4.78 is 14.1. The predicted molar refractivity (Wildman–Crippen MR) is 129 cm³/mol. The van der Waals surface area contributed by atoms with Gasteiger partial charge in [-0.25, -0.2) is 4.39 Å². The van der Waals surface area contributed by atoms with Gasteiger partial charge in [0.05, 0.1) is 0 Å². The molecule has 1 aliphatic heterocycles. The van der Waals surface area contributed by atoms with Crippen LogP contribution in [0.15, 0.2) is 57.9 Å². The van der Waals surface area contributed by atoms with Gasteiger partial charge >= 0.3 is 0 Å². The molecule has 1 amide bonds. The molecule has 1 aliphatic carbocycles. The van der Waals surface area contributed by atoms with Crippen LogP contribution in [0.1, 0.15) is 53.4 Å². The van der Waals surface area contributed by atoms with Crippen molar-refractivity contribution in [1.82, 2.24) is 10.2 Å². The van der Waals surface area contributed by atoms with Gasteiger partial charge in [-0.15, -0.1) is 0 Å². The van der Waals surface area contributed by atoms with Crippen LogP contribution in [0.5, 0.6) is 0 Å². The van der Waals surface area contributed by atoms with E-state index < -0.39 is 0 Å². The van der Waals surface area contributed by atoms with E-state index in [1.165, 1.54) is 11.1 Å². The molecule has 0 saturated carbocycles. The molecule has 0 atom stereocenters. The highest BCUT2D eigenvalue weighted by molar-refractivity contribution is 6.07. The summed E-state index contributed by atoms with van der Waals surface area (Å²) in [5.74, 6) is 0.514. The first-order valence-electron chi connectivity index (χ1n) is 11.1. The van der Waals surface area contributed by atoms with Crippen molar-refractivity contribution in [3.05, 3.63) is 58.5 Å². The first-order valence-corrected chi connectivity index (χ1v) is 11.1. The number of rotatable bonds is 5. The van der Waals surface area contributed by atoms with Crippen LogP contribution in [-0.4, -0.2) is 43.4 Å². The fraction of sp³-hybridized carbons (Fsp3) is 0.440. The van der Waals surface area contributed by atoms with Crippen molar-refractivity contribution in [3.8, 4) is 0 Å². The number of carbonyl (C=O) groups is 1. The van der Waals surface area contributed by atoms with Crippen molar-refractivity contribution in [2.75, 3.05) is 32.0 Å². The average molecular weight is 427 g/mol. The number of nitrogens with one attached hydrogen (secondary N) is 2. The van der Waals surface area contributed by atoms with E-state index in [0.29, 0.717) is 36.1 Å². The summed E-state index contributed by atoms with van der Waals surface area (Å²) in [5.41, 5.74) is 5.51. The minimum atomic E-state index is -0.242. The van der Waals surface area contributed by atoms with Gasteiger partial charge in [-0.3, -0.25) is 9.79 Å². The Bertz CT molecular complexity index is 947. The summed E-state index contributed by atoms with van der Waals surface area (Å²) in [6.07, 6.45) is 4.30. The molecular weight excluding hydrogens is 391 g/mol. The third-order valence-corrected chi connectivity index (χ3v) is 5.92. The molecule has 0 spiro atoms. The summed E-state index contributed by atoms with van der Waals surface area (Å²) in [4.78, 5) is 19.4. The second-order valence-electron chi connectivity index (χ2n) is 7.93. The first kappa shape index (κ1) is 22.8. The molecule has 1 aromatic carbocycles. The zero-order chi connectivity index (χ0) is 22.4. The molecule has 2 N–H and O–H groups in total. The Labute approximate surface area is 186 Å². The van der Waals surface area contributed by atoms with E-state index in [9.17, 15) is 9.18 Å². The summed E-state index contributed by atoms with van der Waals surface area (Å²) in [6, 6.07) is 7.92. The van der Waals surface area contributed by atoms with E-state index in [2.05, 4.69) is 34.4 Å². The maximum absolute atomic E-state index is 14.1. The molecule has 0 radical (unpaired) electrons. The van der Waals surface area contributed by atoms with Gasteiger partial charge in [0.2, 0.25) is 0 Å². The summed E-state index contributed by atoms with van der Waals surface area (Å²) in [7, 11) is 1.81. The van der Waals surface area contributed by atoms with Crippen LogP contribution >= 0.6 is 0 Å². The number of guanidine groups is 1. The van der Waals surface area contributed by atoms with Crippen molar-refractivity contribution in [2.24, 2.45) is 4.99 Å². The lowest BCUT2D eigenvalue weighted by Crippen LogP contribution is -2.44. The highest BCUT2D eigenvalue weighted by Crippen LogP contribution is 2.30. The van der Waals surface area contributed by atoms with Crippen molar-refractivity contribution in [1.29, 1.82) is 0 Å². The van der Waals surface area contributed by atoms with Gasteiger partial charge in [0, 0.05) is 45.8 Å². The fourth-order valence-electron chi connectivity index (χ4n) is 4.20. The molecule has 6 heteroatoms. The summed E-state index contributed by atoms with van der Waals surface area (Å²) in [6.45, 7) is 8.72. The first-order chi connectivity index (χ1) is 15.0. The van der Waals surface area contributed by atoms with Crippen molar-refractivity contribution < 1.29 is 10.6 Å². The van der Waals surface area contributed by atoms with E-state index in [1.54, 1.807) is 0 Å². The minimum absolute atomic E-state index is 0. The lowest BCUT2D eigenvalue weighted by atomic mass is 9.93. The Balaban J connectivity index is 0.00000363. The Morgan fingerprint density at radius 3 is 2.61 bits per heavy atom. The standard InChI is InChI=1S/C25H33FN4O.H2/c1-5-20-21(8-7-9-23(20)26)24(31)29-19-12-10-18(11-13-19)22-16-30(15-14-17(22)3)25(27-4)28-6-2;/h8,10-13H,5-7,9,14-16H2,1-4H3,(H,27,28)(H,29,31);1H. The van der Waals surface area contributed by atoms with Crippen LogP contribution in [0.3, 0.4) is 0 Å². The zero-order valence-electron chi connectivity index (χ0n) is 19.0. The molecule has 0 saturated heterocycles. The average Bonchev–Trinajstić information content (AvgIpc) is 2.78. The van der Waals surface area contributed by atoms with E-state index >= 15 is 0 Å². The Kier molecular flexibility index (Phi) is 7.66. The predicted octanol–water partition coefficient (Wildman–Crippen LogP) is 5.30. The van der Waals surface area contributed by atoms with Gasteiger partial charge in [0.15, 0.2) is 5.96 Å². The Hall–Kier alpha value is -2.89. The monoisotopic (exact) mass is 426 g/mol. The third-order valence-electron chi connectivity index (χ3n) is 5.92. The molecular formula is C25H35FN4O. The molecule has 1 heterocycles. The zero-order valence-corrected chi connectivity index (χ0v) is 19.0. The van der Waals surface area contributed by atoms with E-state index in [1.807, 2.05) is 44.3 Å². The SMILES string of the molecule is CCNC(=NC)N1CCC(C)=C(c2ccc(NC(=O)C3=CCCC(F)=C3CC)cc2)C1.[HH]. The molecule has 0 aromatic heterocycles. The molecule has 1 aromatic rings. The maximum Gasteiger partial charge on any atom is 0.255 e. The van der Waals surface area contributed by atoms with E-state index in [0.717, 1.165) is 37.6 Å². The quantitative estimate of drug-likeness (QED) is 0.496. The number of aliphatic imine (C=N–C) groups is 1. The van der Waals surface area contributed by atoms with Crippen molar-refractivity contribution in [3.63, 3.8) is 0 Å². The number of halogens is 1. The van der Waals surface area contributed by atoms with Crippen LogP contribution in [0.2, 0.25) is 0 Å². The topological polar surface area (TPSA) is 56.7 Å². The number of benzene rings is 1. The largest absolute Gasteiger partial charge is 0.357 e. The smallest absolute Gasteiger partial charge is 0.255 e. The molecule has 3 rings (SSSR count). The van der Waals surface area contributed by atoms with E-state index in [-0.39, 0.29) is 13.2 Å². The molecule has 2 aliphatic rings. The van der Waals surface area contributed by atoms with Gasteiger partial charge < -0.3 is 15.5 Å². The van der Waals surface area contributed by atoms with Gasteiger partial charge in [0.25, 0.3) is 5.91 Å². The number of allylic oxidation sites excluding steroid dienone is 2. The normalized spacial score (nSPS) is 17.6. The van der Waals surface area contributed by atoms with Gasteiger partial charge in [-0.1, -0.05) is 30.7 Å². The van der Waals surface area contributed by atoms with Gasteiger partial charge in [0.1, 0.15) is 5.83 Å². The van der Waals surface area contributed by atoms with Gasteiger partial charge in [-0.2, -0.15) is 0 Å². The van der Waals surface area contributed by atoms with Crippen LogP contribution in [-0.2, 0) is 4.79 Å². The van der Waals surface area contributed by atoms with E-state index in [4.69, 9.17) is 0 Å². The lowest BCUT2D eigenvalue weighted by Gasteiger charge is -2.32. The Morgan fingerprint density at radius 2 is 1.97 bits per heavy atom. The van der Waals surface area contributed by atoms with Crippen LogP contribution in [0, 0.1) is 0 Å². The maximum atomic E-state index is 14.1. The third kappa shape index (κ3) is 5.24. The molecule has 0 unspecified atom stereocenters. The molecule has 31 heavy (non-hydrogen) atoms. The summed E-state index contributed by atoms with van der Waals surface area (Å²) >= 11 is 0. The number of hydrogen-bond donors (Lipinski definition) is 2. The molecule has 5 nitrogen and oxygen atoms in total. The molecule has 0 bridgehead atoms. The highest BCUT2D eigenvalue weighted by atomic mass is 19.1. The molecule has 0 fully saturated rings. The second-order valence-corrected chi connectivity index (χ2v) is 7.93. The molecule has 168 valence electrons. The number of amides is 1. The second kappa shape index (κ2) is 10.4. The van der Waals surface area contributed by atoms with Gasteiger partial charge in [-0.05, 0) is 62.0 Å². The summed E-state index contributed by atoms with van der Waals surface area (Å²) in [5, 5.41) is 6.26. The van der Waals surface area contributed by atoms with Crippen LogP contribution in [0.4, 0.5) is 10.1 Å². The van der Waals surface area contributed by atoms with Crippen molar-refractivity contribution >= 4 is 23.1 Å². The lowest BCUT2D eigenvalue weighted by molar-refractivity contribution is -0.112. The number of nitrogens with zero attached hydrogens (tertiary/aromatic N) is 2. The van der Waals surface area contributed by atoms with Crippen LogP contribution in [0.25, 0.3) is 5.57 Å². The Morgan fingerprint density at radius 1 is 1.23 bits per heavy atom. The number of anilines is 1. The van der Waals surface area contributed by atoms with Crippen LogP contribution < -0.4 is 10.6 Å². The minimum Gasteiger partial charge on any atom is -0.357 e. The highest BCUT2D eigenvalue weighted by Gasteiger charge is 2.22.